The summed E-state index contributed by atoms with van der Waals surface area (Å²) in [5.74, 6) is 0.542. The summed E-state index contributed by atoms with van der Waals surface area (Å²) in [6, 6.07) is 5.99. The number of hydrogen-bond donors (Lipinski definition) is 0. The van der Waals surface area contributed by atoms with Crippen molar-refractivity contribution in [3.8, 4) is 5.75 Å². The molecule has 0 radical (unpaired) electrons. The molecular formula is C14H20O2. The van der Waals surface area contributed by atoms with E-state index in [1.165, 1.54) is 0 Å². The molecule has 0 aromatic heterocycles. The van der Waals surface area contributed by atoms with Gasteiger partial charge in [0.1, 0.15) is 5.75 Å². The van der Waals surface area contributed by atoms with Crippen molar-refractivity contribution in [2.45, 2.75) is 40.5 Å². The van der Waals surface area contributed by atoms with Gasteiger partial charge in [0, 0.05) is 0 Å². The Bertz CT molecular complexity index is 369. The first kappa shape index (κ1) is 12.8. The summed E-state index contributed by atoms with van der Waals surface area (Å²) < 4.78 is 5.43. The lowest BCUT2D eigenvalue weighted by atomic mass is 10.1. The highest BCUT2D eigenvalue weighted by molar-refractivity contribution is 5.75. The lowest BCUT2D eigenvalue weighted by molar-refractivity contribution is -0.138. The van der Waals surface area contributed by atoms with Crippen molar-refractivity contribution < 1.29 is 9.53 Å². The average molecular weight is 220 g/mol. The summed E-state index contributed by atoms with van der Waals surface area (Å²) in [5.41, 5.74) is 2.20. The smallest absolute Gasteiger partial charge is 0.314 e. The Morgan fingerprint density at radius 1 is 1.38 bits per heavy atom. The minimum absolute atomic E-state index is 0.0368. The molecule has 0 saturated heterocycles. The van der Waals surface area contributed by atoms with Crippen molar-refractivity contribution in [3.05, 3.63) is 29.3 Å². The van der Waals surface area contributed by atoms with E-state index in [1.54, 1.807) is 0 Å². The molecule has 1 atom stereocenters. The van der Waals surface area contributed by atoms with E-state index in [9.17, 15) is 4.79 Å². The molecule has 16 heavy (non-hydrogen) atoms. The van der Waals surface area contributed by atoms with Gasteiger partial charge in [-0.3, -0.25) is 4.79 Å². The highest BCUT2D eigenvalue weighted by atomic mass is 16.5. The van der Waals surface area contributed by atoms with Gasteiger partial charge in [0.2, 0.25) is 0 Å². The topological polar surface area (TPSA) is 26.3 Å². The molecule has 0 bridgehead atoms. The van der Waals surface area contributed by atoms with E-state index >= 15 is 0 Å². The number of carbonyl (C=O) groups excluding carboxylic acids is 1. The normalized spacial score (nSPS) is 12.2. The summed E-state index contributed by atoms with van der Waals surface area (Å²) in [7, 11) is 0. The zero-order valence-corrected chi connectivity index (χ0v) is 10.5. The maximum Gasteiger partial charge on any atom is 0.314 e. The van der Waals surface area contributed by atoms with Crippen LogP contribution in [-0.4, -0.2) is 5.97 Å². The van der Waals surface area contributed by atoms with Gasteiger partial charge in [-0.2, -0.15) is 0 Å². The molecule has 2 heteroatoms. The molecule has 0 fully saturated rings. The third kappa shape index (κ3) is 3.09. The second kappa shape index (κ2) is 5.69. The lowest BCUT2D eigenvalue weighted by Gasteiger charge is -2.12. The predicted molar refractivity (Wildman–Crippen MR) is 65.6 cm³/mol. The maximum absolute atomic E-state index is 11.7. The largest absolute Gasteiger partial charge is 0.426 e. The summed E-state index contributed by atoms with van der Waals surface area (Å²) in [4.78, 5) is 11.7. The van der Waals surface area contributed by atoms with Gasteiger partial charge in [0.05, 0.1) is 5.92 Å². The Hall–Kier alpha value is -1.31. The standard InChI is InChI=1S/C14H20O2/c1-5-11(4)14(15)16-13-9-10(3)7-8-12(13)6-2/h7-9,11H,5-6H2,1-4H3. The van der Waals surface area contributed by atoms with Crippen LogP contribution in [0.5, 0.6) is 5.75 Å². The van der Waals surface area contributed by atoms with Crippen LogP contribution < -0.4 is 4.74 Å². The minimum atomic E-state index is -0.136. The molecule has 0 aliphatic heterocycles. The van der Waals surface area contributed by atoms with Crippen LogP contribution in [0.25, 0.3) is 0 Å². The van der Waals surface area contributed by atoms with Crippen molar-refractivity contribution in [2.75, 3.05) is 0 Å². The molecule has 0 aliphatic carbocycles. The first-order valence-electron chi connectivity index (χ1n) is 5.89. The van der Waals surface area contributed by atoms with E-state index in [2.05, 4.69) is 6.92 Å². The van der Waals surface area contributed by atoms with Gasteiger partial charge < -0.3 is 4.74 Å². The molecule has 2 nitrogen and oxygen atoms in total. The van der Waals surface area contributed by atoms with E-state index < -0.39 is 0 Å². The predicted octanol–water partition coefficient (Wildman–Crippen LogP) is 3.51. The molecule has 88 valence electrons. The van der Waals surface area contributed by atoms with E-state index in [4.69, 9.17) is 4.74 Å². The van der Waals surface area contributed by atoms with Crippen LogP contribution >= 0.6 is 0 Å². The van der Waals surface area contributed by atoms with Crippen LogP contribution in [0.15, 0.2) is 18.2 Å². The number of aryl methyl sites for hydroxylation is 2. The molecule has 0 N–H and O–H groups in total. The maximum atomic E-state index is 11.7. The number of ether oxygens (including phenoxy) is 1. The molecule has 0 aliphatic rings. The molecule has 0 heterocycles. The highest BCUT2D eigenvalue weighted by Gasteiger charge is 2.14. The molecular weight excluding hydrogens is 200 g/mol. The Morgan fingerprint density at radius 2 is 2.06 bits per heavy atom. The first-order chi connectivity index (χ1) is 7.58. The van der Waals surface area contributed by atoms with Crippen LogP contribution in [0.1, 0.15) is 38.3 Å². The van der Waals surface area contributed by atoms with Gasteiger partial charge in [0.25, 0.3) is 0 Å². The molecule has 0 saturated carbocycles. The van der Waals surface area contributed by atoms with Crippen LogP contribution in [0.2, 0.25) is 0 Å². The van der Waals surface area contributed by atoms with Gasteiger partial charge in [-0.25, -0.2) is 0 Å². The van der Waals surface area contributed by atoms with Gasteiger partial charge in [-0.15, -0.1) is 0 Å². The second-order valence-electron chi connectivity index (χ2n) is 4.20. The van der Waals surface area contributed by atoms with Crippen LogP contribution in [0.4, 0.5) is 0 Å². The minimum Gasteiger partial charge on any atom is -0.426 e. The third-order valence-corrected chi connectivity index (χ3v) is 2.83. The molecule has 1 aromatic carbocycles. The molecule has 1 unspecified atom stereocenters. The summed E-state index contributed by atoms with van der Waals surface area (Å²) in [6.07, 6.45) is 1.69. The number of hydrogen-bond acceptors (Lipinski definition) is 2. The lowest BCUT2D eigenvalue weighted by Crippen LogP contribution is -2.17. The summed E-state index contributed by atoms with van der Waals surface area (Å²) in [6.45, 7) is 7.94. The quantitative estimate of drug-likeness (QED) is 0.573. The van der Waals surface area contributed by atoms with Crippen LogP contribution in [0.3, 0.4) is 0 Å². The van der Waals surface area contributed by atoms with Gasteiger partial charge in [0.15, 0.2) is 0 Å². The van der Waals surface area contributed by atoms with E-state index in [-0.39, 0.29) is 11.9 Å². The van der Waals surface area contributed by atoms with Crippen molar-refractivity contribution in [1.29, 1.82) is 0 Å². The van der Waals surface area contributed by atoms with Gasteiger partial charge >= 0.3 is 5.97 Å². The Balaban J connectivity index is 2.87. The second-order valence-corrected chi connectivity index (χ2v) is 4.20. The Labute approximate surface area is 97.6 Å². The summed E-state index contributed by atoms with van der Waals surface area (Å²) in [5, 5.41) is 0. The zero-order valence-electron chi connectivity index (χ0n) is 10.5. The fourth-order valence-electron chi connectivity index (χ4n) is 1.42. The van der Waals surface area contributed by atoms with Crippen molar-refractivity contribution in [1.82, 2.24) is 0 Å². The SMILES string of the molecule is CCc1ccc(C)cc1OC(=O)C(C)CC. The molecule has 0 spiro atoms. The van der Waals surface area contributed by atoms with Crippen LogP contribution in [0, 0.1) is 12.8 Å². The van der Waals surface area contributed by atoms with Crippen molar-refractivity contribution in [3.63, 3.8) is 0 Å². The monoisotopic (exact) mass is 220 g/mol. The van der Waals surface area contributed by atoms with Gasteiger partial charge in [-0.1, -0.05) is 32.9 Å². The Morgan fingerprint density at radius 3 is 2.62 bits per heavy atom. The molecule has 1 aromatic rings. The average Bonchev–Trinajstić information content (AvgIpc) is 2.28. The van der Waals surface area contributed by atoms with Crippen LogP contribution in [-0.2, 0) is 11.2 Å². The van der Waals surface area contributed by atoms with E-state index in [0.29, 0.717) is 5.75 Å². The molecule has 0 amide bonds. The zero-order chi connectivity index (χ0) is 12.1. The van der Waals surface area contributed by atoms with Gasteiger partial charge in [-0.05, 0) is 37.0 Å². The van der Waals surface area contributed by atoms with E-state index in [0.717, 1.165) is 24.0 Å². The number of esters is 1. The number of carbonyl (C=O) groups is 1. The fourth-order valence-corrected chi connectivity index (χ4v) is 1.42. The van der Waals surface area contributed by atoms with E-state index in [1.807, 2.05) is 39.0 Å². The van der Waals surface area contributed by atoms with Crippen molar-refractivity contribution >= 4 is 5.97 Å². The Kier molecular flexibility index (Phi) is 4.53. The molecule has 1 rings (SSSR count). The highest BCUT2D eigenvalue weighted by Crippen LogP contribution is 2.22. The first-order valence-corrected chi connectivity index (χ1v) is 5.89. The van der Waals surface area contributed by atoms with Crippen molar-refractivity contribution in [2.24, 2.45) is 5.92 Å². The number of rotatable bonds is 4. The summed E-state index contributed by atoms with van der Waals surface area (Å²) >= 11 is 0. The number of benzene rings is 1. The third-order valence-electron chi connectivity index (χ3n) is 2.83. The fraction of sp³-hybridized carbons (Fsp3) is 0.500.